The van der Waals surface area contributed by atoms with Crippen LogP contribution >= 0.6 is 0 Å². The fraction of sp³-hybridized carbons (Fsp3) is 0.900. The van der Waals surface area contributed by atoms with E-state index in [4.69, 9.17) is 10.5 Å². The van der Waals surface area contributed by atoms with Crippen LogP contribution in [0.4, 0.5) is 0 Å². The number of rotatable bonds is 7. The van der Waals surface area contributed by atoms with E-state index in [9.17, 15) is 4.79 Å². The normalized spacial score (nSPS) is 16.9. The number of nitrogens with one attached hydrogen (secondary N) is 1. The fourth-order valence-electron chi connectivity index (χ4n) is 1.66. The van der Waals surface area contributed by atoms with Gasteiger partial charge < -0.3 is 20.7 Å². The molecule has 1 aliphatic heterocycles. The number of carbonyl (C=O) groups excluding carboxylic acids is 1. The summed E-state index contributed by atoms with van der Waals surface area (Å²) in [6.07, 6.45) is 2.57. The number of hydrogen-bond donors (Lipinski definition) is 2. The maximum Gasteiger partial charge on any atom is 0.246 e. The van der Waals surface area contributed by atoms with Crippen molar-refractivity contribution in [1.29, 1.82) is 0 Å². The first kappa shape index (κ1) is 12.4. The third-order valence-electron chi connectivity index (χ3n) is 2.44. The van der Waals surface area contributed by atoms with E-state index < -0.39 is 0 Å². The van der Waals surface area contributed by atoms with Crippen LogP contribution in [0.15, 0.2) is 0 Å². The van der Waals surface area contributed by atoms with E-state index in [1.807, 2.05) is 0 Å². The zero-order valence-electron chi connectivity index (χ0n) is 9.21. The van der Waals surface area contributed by atoms with Gasteiger partial charge in [0.1, 0.15) is 6.61 Å². The molecule has 1 heterocycles. The van der Waals surface area contributed by atoms with Crippen molar-refractivity contribution in [3.05, 3.63) is 0 Å². The van der Waals surface area contributed by atoms with Gasteiger partial charge in [-0.05, 0) is 25.9 Å². The number of nitrogens with two attached hydrogens (primary N) is 1. The van der Waals surface area contributed by atoms with Gasteiger partial charge in [0.25, 0.3) is 0 Å². The lowest BCUT2D eigenvalue weighted by molar-refractivity contribution is -0.125. The Labute approximate surface area is 90.9 Å². The van der Waals surface area contributed by atoms with Crippen LogP contribution in [0.1, 0.15) is 12.8 Å². The number of likely N-dealkylation sites (tertiary alicyclic amines) is 1. The van der Waals surface area contributed by atoms with Gasteiger partial charge in [-0.15, -0.1) is 0 Å². The van der Waals surface area contributed by atoms with E-state index in [1.165, 1.54) is 25.9 Å². The third-order valence-corrected chi connectivity index (χ3v) is 2.44. The lowest BCUT2D eigenvalue weighted by atomic mass is 10.4. The molecule has 0 aromatic heterocycles. The van der Waals surface area contributed by atoms with Crippen molar-refractivity contribution in [3.8, 4) is 0 Å². The number of amides is 1. The van der Waals surface area contributed by atoms with Gasteiger partial charge in [0.05, 0.1) is 6.61 Å². The lowest BCUT2D eigenvalue weighted by Gasteiger charge is -2.14. The standard InChI is InChI=1S/C10H21N3O2/c11-3-8-15-9-10(14)12-4-7-13-5-1-2-6-13/h1-9,11H2,(H,12,14). The number of hydrogen-bond acceptors (Lipinski definition) is 4. The van der Waals surface area contributed by atoms with Crippen LogP contribution in [-0.2, 0) is 9.53 Å². The highest BCUT2D eigenvalue weighted by Gasteiger charge is 2.10. The minimum absolute atomic E-state index is 0.0531. The van der Waals surface area contributed by atoms with Crippen LogP contribution in [0.3, 0.4) is 0 Å². The van der Waals surface area contributed by atoms with Crippen molar-refractivity contribution in [3.63, 3.8) is 0 Å². The largest absolute Gasteiger partial charge is 0.370 e. The Balaban J connectivity index is 1.91. The highest BCUT2D eigenvalue weighted by molar-refractivity contribution is 5.77. The summed E-state index contributed by atoms with van der Waals surface area (Å²) in [4.78, 5) is 13.6. The van der Waals surface area contributed by atoms with Gasteiger partial charge in [0.15, 0.2) is 0 Å². The van der Waals surface area contributed by atoms with Crippen LogP contribution in [0.5, 0.6) is 0 Å². The predicted molar refractivity (Wildman–Crippen MR) is 58.6 cm³/mol. The van der Waals surface area contributed by atoms with E-state index >= 15 is 0 Å². The summed E-state index contributed by atoms with van der Waals surface area (Å²) in [6.45, 7) is 5.02. The monoisotopic (exact) mass is 215 g/mol. The maximum atomic E-state index is 11.2. The van der Waals surface area contributed by atoms with Gasteiger partial charge in [-0.25, -0.2) is 0 Å². The molecule has 0 saturated carbocycles. The van der Waals surface area contributed by atoms with Crippen LogP contribution in [0.25, 0.3) is 0 Å². The highest BCUT2D eigenvalue weighted by atomic mass is 16.5. The van der Waals surface area contributed by atoms with E-state index in [1.54, 1.807) is 0 Å². The number of ether oxygens (including phenoxy) is 1. The molecule has 1 saturated heterocycles. The summed E-state index contributed by atoms with van der Waals surface area (Å²) in [5.41, 5.74) is 5.23. The van der Waals surface area contributed by atoms with Crippen molar-refractivity contribution in [1.82, 2.24) is 10.2 Å². The second kappa shape index (κ2) is 7.62. The number of carbonyl (C=O) groups is 1. The van der Waals surface area contributed by atoms with Crippen molar-refractivity contribution in [2.45, 2.75) is 12.8 Å². The molecule has 88 valence electrons. The topological polar surface area (TPSA) is 67.6 Å². The van der Waals surface area contributed by atoms with Crippen molar-refractivity contribution in [2.75, 3.05) is 45.9 Å². The van der Waals surface area contributed by atoms with Crippen LogP contribution < -0.4 is 11.1 Å². The smallest absolute Gasteiger partial charge is 0.246 e. The highest BCUT2D eigenvalue weighted by Crippen LogP contribution is 2.05. The summed E-state index contributed by atoms with van der Waals surface area (Å²) in [5.74, 6) is -0.0531. The molecular formula is C10H21N3O2. The minimum atomic E-state index is -0.0531. The Kier molecular flexibility index (Phi) is 6.31. The first-order valence-corrected chi connectivity index (χ1v) is 5.60. The molecule has 0 bridgehead atoms. The first-order chi connectivity index (χ1) is 7.33. The third kappa shape index (κ3) is 5.71. The van der Waals surface area contributed by atoms with E-state index in [0.29, 0.717) is 19.7 Å². The quantitative estimate of drug-likeness (QED) is 0.544. The second-order valence-electron chi connectivity index (χ2n) is 3.74. The molecule has 3 N–H and O–H groups in total. The van der Waals surface area contributed by atoms with Gasteiger partial charge in [0, 0.05) is 19.6 Å². The molecule has 1 aliphatic rings. The van der Waals surface area contributed by atoms with Gasteiger partial charge in [-0.1, -0.05) is 0 Å². The van der Waals surface area contributed by atoms with Gasteiger partial charge in [-0.3, -0.25) is 4.79 Å². The van der Waals surface area contributed by atoms with E-state index in [2.05, 4.69) is 10.2 Å². The molecule has 1 rings (SSSR count). The molecular weight excluding hydrogens is 194 g/mol. The van der Waals surface area contributed by atoms with Gasteiger partial charge >= 0.3 is 0 Å². The van der Waals surface area contributed by atoms with Gasteiger partial charge in [0.2, 0.25) is 5.91 Å². The predicted octanol–water partition coefficient (Wildman–Crippen LogP) is -0.826. The molecule has 15 heavy (non-hydrogen) atoms. The Morgan fingerprint density at radius 2 is 2.13 bits per heavy atom. The number of nitrogens with zero attached hydrogens (tertiary/aromatic N) is 1. The summed E-state index contributed by atoms with van der Waals surface area (Å²) in [7, 11) is 0. The average Bonchev–Trinajstić information content (AvgIpc) is 2.71. The molecule has 0 unspecified atom stereocenters. The Hall–Kier alpha value is -0.650. The molecule has 5 heteroatoms. The van der Waals surface area contributed by atoms with E-state index in [0.717, 1.165) is 6.54 Å². The van der Waals surface area contributed by atoms with Crippen molar-refractivity contribution < 1.29 is 9.53 Å². The van der Waals surface area contributed by atoms with Crippen molar-refractivity contribution >= 4 is 5.91 Å². The van der Waals surface area contributed by atoms with Crippen LogP contribution in [0, 0.1) is 0 Å². The van der Waals surface area contributed by atoms with Crippen LogP contribution in [0.2, 0.25) is 0 Å². The zero-order valence-corrected chi connectivity index (χ0v) is 9.21. The SMILES string of the molecule is NCCOCC(=O)NCCN1CCCC1. The molecule has 0 radical (unpaired) electrons. The molecule has 0 aliphatic carbocycles. The van der Waals surface area contributed by atoms with Crippen LogP contribution in [-0.4, -0.2) is 56.7 Å². The molecule has 0 atom stereocenters. The molecule has 0 spiro atoms. The Bertz CT molecular complexity index is 182. The molecule has 1 amide bonds. The summed E-state index contributed by atoms with van der Waals surface area (Å²) >= 11 is 0. The zero-order chi connectivity index (χ0) is 10.9. The molecule has 0 aromatic rings. The van der Waals surface area contributed by atoms with E-state index in [-0.39, 0.29) is 12.5 Å². The molecule has 0 aromatic carbocycles. The summed E-state index contributed by atoms with van der Waals surface area (Å²) < 4.78 is 5.02. The fourth-order valence-corrected chi connectivity index (χ4v) is 1.66. The van der Waals surface area contributed by atoms with Crippen molar-refractivity contribution in [2.24, 2.45) is 5.73 Å². The summed E-state index contributed by atoms with van der Waals surface area (Å²) in [6, 6.07) is 0. The van der Waals surface area contributed by atoms with Gasteiger partial charge in [-0.2, -0.15) is 0 Å². The summed E-state index contributed by atoms with van der Waals surface area (Å²) in [5, 5.41) is 2.82. The Morgan fingerprint density at radius 1 is 1.40 bits per heavy atom. The Morgan fingerprint density at radius 3 is 2.80 bits per heavy atom. The first-order valence-electron chi connectivity index (χ1n) is 5.60. The maximum absolute atomic E-state index is 11.2. The minimum Gasteiger partial charge on any atom is -0.370 e. The average molecular weight is 215 g/mol. The second-order valence-corrected chi connectivity index (χ2v) is 3.74. The molecule has 5 nitrogen and oxygen atoms in total. The molecule has 1 fully saturated rings. The lowest BCUT2D eigenvalue weighted by Crippen LogP contribution is -2.35.